The predicted octanol–water partition coefficient (Wildman–Crippen LogP) is 4.24. The largest absolute Gasteiger partial charge is 0.481 e. The number of carboxylic acid groups (broad SMARTS) is 1. The van der Waals surface area contributed by atoms with Crippen molar-refractivity contribution >= 4 is 23.6 Å². The van der Waals surface area contributed by atoms with Gasteiger partial charge in [0.2, 0.25) is 11.8 Å². The van der Waals surface area contributed by atoms with E-state index in [1.807, 2.05) is 0 Å². The molecule has 1 rings (SSSR count). The Bertz CT molecular complexity index is 1140. The number of allylic oxidation sites excluding steroid dienone is 1. The van der Waals surface area contributed by atoms with E-state index in [0.717, 1.165) is 38.5 Å². The summed E-state index contributed by atoms with van der Waals surface area (Å²) in [7, 11) is 0. The van der Waals surface area contributed by atoms with Crippen LogP contribution >= 0.6 is 0 Å². The van der Waals surface area contributed by atoms with E-state index in [1.165, 1.54) is 25.3 Å². The molecule has 3 atom stereocenters. The zero-order valence-corrected chi connectivity index (χ0v) is 26.9. The number of hydrogen-bond acceptors (Lipinski definition) is 7. The number of primary amides is 1. The first-order chi connectivity index (χ1) is 21.6. The molecular formula is C35H52N2O8. The van der Waals surface area contributed by atoms with Crippen LogP contribution in [0.1, 0.15) is 103 Å². The molecule has 0 heterocycles. The minimum Gasteiger partial charge on any atom is -0.481 e. The van der Waals surface area contributed by atoms with Gasteiger partial charge in [-0.15, -0.1) is 5.92 Å². The standard InChI is InChI=1S/C35H52N2O8/c1-3-5-7-10-13-16-28(39)17-14-11-8-9-12-15-18-30(35(44,23-24-38)34(42)43)33(41)37-31(32(36)40)26-27-19-21-29(22-20-27)45-25-6-4-2/h15,18-22,30-31,38,44H,3,5,7-14,16-17,23-26H2,1-2H3,(H2,36,40)(H,37,41)(H,42,43)/t30-,31+,35+/m1/s1. The van der Waals surface area contributed by atoms with Gasteiger partial charge in [0.1, 0.15) is 24.2 Å². The molecule has 0 bridgehead atoms. The van der Waals surface area contributed by atoms with Gasteiger partial charge in [-0.3, -0.25) is 14.4 Å². The molecule has 0 aliphatic heterocycles. The number of carbonyl (C=O) groups is 4. The van der Waals surface area contributed by atoms with Gasteiger partial charge in [-0.2, -0.15) is 0 Å². The zero-order chi connectivity index (χ0) is 33.5. The third kappa shape index (κ3) is 15.7. The topological polar surface area (TPSA) is 176 Å². The van der Waals surface area contributed by atoms with E-state index >= 15 is 0 Å². The van der Waals surface area contributed by atoms with Crippen LogP contribution in [0.3, 0.4) is 0 Å². The molecule has 0 unspecified atom stereocenters. The molecule has 0 fully saturated rings. The summed E-state index contributed by atoms with van der Waals surface area (Å²) >= 11 is 0. The molecule has 1 aromatic carbocycles. The molecule has 0 aliphatic carbocycles. The summed E-state index contributed by atoms with van der Waals surface area (Å²) < 4.78 is 5.48. The maximum atomic E-state index is 13.3. The molecular weight excluding hydrogens is 576 g/mol. The number of Topliss-reactive ketones (excluding diaryl/α,β-unsaturated/α-hetero) is 1. The number of unbranched alkanes of at least 4 members (excludes halogenated alkanes) is 8. The number of aliphatic carboxylic acids is 1. The SMILES string of the molecule is CC#CCOc1ccc(C[C@H](NC(=O)[C@@H](C=CCCCCCCC(=O)CCCCCCC)[C@@](O)(CCO)C(=O)O)C(N)=O)cc1. The van der Waals surface area contributed by atoms with Crippen molar-refractivity contribution in [2.24, 2.45) is 11.7 Å². The van der Waals surface area contributed by atoms with E-state index in [4.69, 9.17) is 10.5 Å². The van der Waals surface area contributed by atoms with Crippen molar-refractivity contribution in [3.05, 3.63) is 42.0 Å². The normalized spacial score (nSPS) is 13.7. The Morgan fingerprint density at radius 1 is 1.00 bits per heavy atom. The molecule has 0 radical (unpaired) electrons. The number of amides is 2. The summed E-state index contributed by atoms with van der Waals surface area (Å²) in [4.78, 5) is 49.7. The third-order valence-electron chi connectivity index (χ3n) is 7.64. The first kappa shape index (κ1) is 39.3. The van der Waals surface area contributed by atoms with Crippen molar-refractivity contribution in [3.63, 3.8) is 0 Å². The van der Waals surface area contributed by atoms with E-state index in [-0.39, 0.29) is 13.0 Å². The summed E-state index contributed by atoms with van der Waals surface area (Å²) in [6, 6.07) is 5.61. The zero-order valence-electron chi connectivity index (χ0n) is 26.9. The number of nitrogens with one attached hydrogen (secondary N) is 1. The van der Waals surface area contributed by atoms with Crippen LogP contribution in [0.2, 0.25) is 0 Å². The highest BCUT2D eigenvalue weighted by Crippen LogP contribution is 2.25. The second kappa shape index (κ2) is 22.8. The van der Waals surface area contributed by atoms with Gasteiger partial charge >= 0.3 is 5.97 Å². The van der Waals surface area contributed by atoms with Crippen LogP contribution in [0.25, 0.3) is 0 Å². The second-order valence-corrected chi connectivity index (χ2v) is 11.3. The Kier molecular flexibility index (Phi) is 19.9. The summed E-state index contributed by atoms with van der Waals surface area (Å²) in [6.45, 7) is 3.42. The van der Waals surface area contributed by atoms with Gasteiger partial charge in [0.25, 0.3) is 0 Å². The molecule has 2 amide bonds. The molecule has 0 saturated carbocycles. The van der Waals surface area contributed by atoms with Crippen LogP contribution in [0.15, 0.2) is 36.4 Å². The quantitative estimate of drug-likeness (QED) is 0.0607. The van der Waals surface area contributed by atoms with Crippen LogP contribution in [0.4, 0.5) is 0 Å². The minimum absolute atomic E-state index is 0.0272. The van der Waals surface area contributed by atoms with E-state index in [9.17, 15) is 34.5 Å². The minimum atomic E-state index is -2.60. The summed E-state index contributed by atoms with van der Waals surface area (Å²) in [5.41, 5.74) is 3.62. The fourth-order valence-corrected chi connectivity index (χ4v) is 4.88. The van der Waals surface area contributed by atoms with Crippen molar-refractivity contribution in [1.82, 2.24) is 5.32 Å². The van der Waals surface area contributed by atoms with Gasteiger partial charge in [0.15, 0.2) is 5.60 Å². The number of carbonyl (C=O) groups excluding carboxylic acids is 3. The predicted molar refractivity (Wildman–Crippen MR) is 173 cm³/mol. The summed E-state index contributed by atoms with van der Waals surface area (Å²) in [6.07, 6.45) is 13.0. The number of ketones is 1. The van der Waals surface area contributed by atoms with Gasteiger partial charge < -0.3 is 31.1 Å². The maximum absolute atomic E-state index is 13.3. The smallest absolute Gasteiger partial charge is 0.336 e. The Hall–Kier alpha value is -3.68. The van der Waals surface area contributed by atoms with Crippen molar-refractivity contribution < 1.29 is 39.2 Å². The van der Waals surface area contributed by atoms with E-state index < -0.39 is 48.4 Å². The van der Waals surface area contributed by atoms with Crippen molar-refractivity contribution in [2.45, 2.75) is 115 Å². The number of carboxylic acids is 1. The fourth-order valence-electron chi connectivity index (χ4n) is 4.88. The molecule has 10 heteroatoms. The molecule has 250 valence electrons. The first-order valence-corrected chi connectivity index (χ1v) is 16.0. The highest BCUT2D eigenvalue weighted by atomic mass is 16.5. The highest BCUT2D eigenvalue weighted by Gasteiger charge is 2.47. The van der Waals surface area contributed by atoms with E-state index in [1.54, 1.807) is 37.3 Å². The number of rotatable bonds is 25. The number of hydrogen-bond donors (Lipinski definition) is 5. The van der Waals surface area contributed by atoms with Crippen LogP contribution in [0, 0.1) is 17.8 Å². The molecule has 6 N–H and O–H groups in total. The van der Waals surface area contributed by atoms with Gasteiger partial charge in [-0.1, -0.05) is 75.7 Å². The lowest BCUT2D eigenvalue weighted by Gasteiger charge is -2.30. The number of ether oxygens (including phenoxy) is 1. The van der Waals surface area contributed by atoms with Crippen LogP contribution < -0.4 is 15.8 Å². The van der Waals surface area contributed by atoms with Crippen molar-refractivity contribution in [1.29, 1.82) is 0 Å². The van der Waals surface area contributed by atoms with Crippen molar-refractivity contribution in [3.8, 4) is 17.6 Å². The number of aliphatic hydroxyl groups is 2. The molecule has 0 spiro atoms. The average molecular weight is 629 g/mol. The van der Waals surface area contributed by atoms with Crippen LogP contribution in [0.5, 0.6) is 5.75 Å². The van der Waals surface area contributed by atoms with E-state index in [0.29, 0.717) is 36.4 Å². The molecule has 0 aliphatic rings. The molecule has 45 heavy (non-hydrogen) atoms. The van der Waals surface area contributed by atoms with Gasteiger partial charge in [-0.05, 0) is 50.3 Å². The number of aliphatic hydroxyl groups excluding tert-OH is 1. The Balaban J connectivity index is 2.76. The molecule has 10 nitrogen and oxygen atoms in total. The summed E-state index contributed by atoms with van der Waals surface area (Å²) in [5.74, 6) is 1.39. The Morgan fingerprint density at radius 3 is 2.18 bits per heavy atom. The molecule has 1 aromatic rings. The fraction of sp³-hybridized carbons (Fsp3) is 0.600. The number of nitrogens with two attached hydrogens (primary N) is 1. The lowest BCUT2D eigenvalue weighted by Crippen LogP contribution is -2.55. The van der Waals surface area contributed by atoms with Gasteiger partial charge in [0.05, 0.1) is 5.92 Å². The van der Waals surface area contributed by atoms with Crippen molar-refractivity contribution in [2.75, 3.05) is 13.2 Å². The lowest BCUT2D eigenvalue weighted by atomic mass is 9.83. The molecule has 0 aromatic heterocycles. The average Bonchev–Trinajstić information content (AvgIpc) is 3.00. The highest BCUT2D eigenvalue weighted by molar-refractivity contribution is 5.93. The first-order valence-electron chi connectivity index (χ1n) is 16.0. The van der Waals surface area contributed by atoms with Crippen LogP contribution in [-0.2, 0) is 25.6 Å². The van der Waals surface area contributed by atoms with Crippen LogP contribution in [-0.4, -0.2) is 63.7 Å². The number of benzene rings is 1. The Morgan fingerprint density at radius 2 is 1.62 bits per heavy atom. The molecule has 0 saturated heterocycles. The van der Waals surface area contributed by atoms with Gasteiger partial charge in [0, 0.05) is 32.3 Å². The maximum Gasteiger partial charge on any atom is 0.336 e. The third-order valence-corrected chi connectivity index (χ3v) is 7.64. The van der Waals surface area contributed by atoms with Gasteiger partial charge in [-0.25, -0.2) is 4.79 Å². The summed E-state index contributed by atoms with van der Waals surface area (Å²) in [5, 5.41) is 32.7. The monoisotopic (exact) mass is 628 g/mol. The lowest BCUT2D eigenvalue weighted by molar-refractivity contribution is -0.168. The second-order valence-electron chi connectivity index (χ2n) is 11.3. The van der Waals surface area contributed by atoms with E-state index in [2.05, 4.69) is 24.1 Å². The Labute approximate surface area is 267 Å².